The fourth-order valence-electron chi connectivity index (χ4n) is 3.57. The first-order valence-electron chi connectivity index (χ1n) is 10.8. The van der Waals surface area contributed by atoms with Gasteiger partial charge in [0.1, 0.15) is 50.2 Å². The number of aryl methyl sites for hydroxylation is 3. The lowest BCUT2D eigenvalue weighted by Gasteiger charge is -2.15. The highest BCUT2D eigenvalue weighted by Crippen LogP contribution is 2.29. The van der Waals surface area contributed by atoms with Crippen molar-refractivity contribution in [3.05, 3.63) is 46.7 Å². The highest BCUT2D eigenvalue weighted by molar-refractivity contribution is 7.12. The van der Waals surface area contributed by atoms with E-state index >= 15 is 0 Å². The van der Waals surface area contributed by atoms with Gasteiger partial charge < -0.3 is 31.3 Å². The summed E-state index contributed by atoms with van der Waals surface area (Å²) in [6, 6.07) is -2.67. The molecule has 0 aliphatic carbocycles. The van der Waals surface area contributed by atoms with E-state index in [1.54, 1.807) is 20.8 Å². The molecule has 6 bridgehead atoms. The van der Waals surface area contributed by atoms with Gasteiger partial charge in [-0.2, -0.15) is 0 Å². The maximum Gasteiger partial charge on any atom is 0.271 e. The zero-order valence-electron chi connectivity index (χ0n) is 19.5. The van der Waals surface area contributed by atoms with E-state index < -0.39 is 55.7 Å². The Morgan fingerprint density at radius 1 is 0.583 bits per heavy atom. The summed E-state index contributed by atoms with van der Waals surface area (Å²) >= 11 is 3.45. The maximum absolute atomic E-state index is 13.0. The van der Waals surface area contributed by atoms with Gasteiger partial charge in [-0.3, -0.25) is 14.4 Å². The lowest BCUT2D eigenvalue weighted by atomic mass is 10.2. The van der Waals surface area contributed by atoms with Gasteiger partial charge in [-0.25, -0.2) is 15.0 Å². The summed E-state index contributed by atoms with van der Waals surface area (Å²) in [7, 11) is 0. The molecule has 192 valence electrons. The number of hydrogen-bond donors (Lipinski definition) is 6. The van der Waals surface area contributed by atoms with Gasteiger partial charge in [0.2, 0.25) is 0 Å². The van der Waals surface area contributed by atoms with Crippen LogP contribution in [0, 0.1) is 20.8 Å². The van der Waals surface area contributed by atoms with Crippen molar-refractivity contribution in [1.29, 1.82) is 0 Å². The first kappa shape index (κ1) is 26.2. The normalized spacial score (nSPS) is 20.8. The Bertz CT molecular complexity index is 1160. The molecule has 0 aromatic carbocycles. The van der Waals surface area contributed by atoms with Crippen LogP contribution in [0.1, 0.15) is 79.2 Å². The minimum Gasteiger partial charge on any atom is -0.394 e. The highest BCUT2D eigenvalue weighted by Gasteiger charge is 2.30. The molecule has 36 heavy (non-hydrogen) atoms. The second kappa shape index (κ2) is 10.7. The largest absolute Gasteiger partial charge is 0.394 e. The number of fused-ring (bicyclic) bond motifs is 6. The number of rotatable bonds is 3. The molecule has 0 saturated heterocycles. The van der Waals surface area contributed by atoms with Crippen molar-refractivity contribution in [2.45, 2.75) is 38.9 Å². The van der Waals surface area contributed by atoms with Crippen molar-refractivity contribution in [2.24, 2.45) is 0 Å². The van der Waals surface area contributed by atoms with Gasteiger partial charge in [0.05, 0.1) is 19.8 Å². The zero-order chi connectivity index (χ0) is 26.1. The Labute approximate surface area is 217 Å². The van der Waals surface area contributed by atoms with Crippen LogP contribution >= 0.6 is 34.0 Å². The van der Waals surface area contributed by atoms with Crippen molar-refractivity contribution in [3.63, 3.8) is 0 Å². The molecule has 0 saturated carbocycles. The number of hydrogen-bond acceptors (Lipinski definition) is 12. The third-order valence-electron chi connectivity index (χ3n) is 5.44. The van der Waals surface area contributed by atoms with E-state index in [0.29, 0.717) is 29.7 Å². The van der Waals surface area contributed by atoms with E-state index in [1.165, 1.54) is 0 Å². The molecular formula is C21H24N6O6S3. The smallest absolute Gasteiger partial charge is 0.271 e. The lowest BCUT2D eigenvalue weighted by Crippen LogP contribution is -2.34. The third-order valence-corrected chi connectivity index (χ3v) is 8.70. The van der Waals surface area contributed by atoms with E-state index in [0.717, 1.165) is 34.0 Å². The molecule has 0 unspecified atom stereocenters. The minimum atomic E-state index is -0.891. The molecule has 6 N–H and O–H groups in total. The van der Waals surface area contributed by atoms with Crippen LogP contribution < -0.4 is 16.0 Å². The molecule has 3 amide bonds. The number of nitrogens with zero attached hydrogens (tertiary/aromatic N) is 3. The first-order valence-corrected chi connectivity index (χ1v) is 13.3. The predicted octanol–water partition coefficient (Wildman–Crippen LogP) is 0.685. The van der Waals surface area contributed by atoms with E-state index in [1.807, 2.05) is 0 Å². The Kier molecular flexibility index (Phi) is 7.77. The zero-order valence-corrected chi connectivity index (χ0v) is 21.9. The number of carbonyl (C=O) groups is 3. The summed E-state index contributed by atoms with van der Waals surface area (Å²) in [5.74, 6) is -1.72. The molecule has 0 spiro atoms. The lowest BCUT2D eigenvalue weighted by molar-refractivity contribution is 0.0909. The molecule has 4 heterocycles. The molecule has 3 atom stereocenters. The van der Waals surface area contributed by atoms with Crippen molar-refractivity contribution in [3.8, 4) is 0 Å². The fourth-order valence-corrected chi connectivity index (χ4v) is 6.45. The predicted molar refractivity (Wildman–Crippen MR) is 132 cm³/mol. The van der Waals surface area contributed by atoms with Gasteiger partial charge in [-0.1, -0.05) is 0 Å². The Morgan fingerprint density at radius 2 is 0.833 bits per heavy atom. The Balaban J connectivity index is 1.81. The second-order valence-electron chi connectivity index (χ2n) is 8.00. The van der Waals surface area contributed by atoms with Crippen LogP contribution in [0.5, 0.6) is 0 Å². The molecule has 3 aromatic heterocycles. The van der Waals surface area contributed by atoms with Crippen LogP contribution in [-0.2, 0) is 0 Å². The molecule has 12 nitrogen and oxygen atoms in total. The third kappa shape index (κ3) is 5.02. The van der Waals surface area contributed by atoms with Crippen molar-refractivity contribution < 1.29 is 29.7 Å². The standard InChI is InChI=1S/C21H24N6O6S3/c1-7-13-16(31)22-11(5-29)20-26-15(9(3)35-20)18(33)24-12(6-30)21-27-14(8(2)36-21)17(32)23-10(4-28)19(25-13)34-7/h10-12,28-30H,4-6H2,1-3H3,(H,22,31)(H,23,32)(H,24,33)/t10-,11-,12-/m0/s1. The van der Waals surface area contributed by atoms with Crippen molar-refractivity contribution in [2.75, 3.05) is 19.8 Å². The summed E-state index contributed by atoms with van der Waals surface area (Å²) in [6.07, 6.45) is 0. The number of aliphatic hydroxyl groups is 3. The molecule has 1 aliphatic heterocycles. The molecule has 0 fully saturated rings. The van der Waals surface area contributed by atoms with Crippen LogP contribution in [-0.4, -0.2) is 67.8 Å². The average molecular weight is 553 g/mol. The van der Waals surface area contributed by atoms with E-state index in [-0.39, 0.29) is 17.1 Å². The fraction of sp³-hybridized carbons (Fsp3) is 0.429. The van der Waals surface area contributed by atoms with Crippen molar-refractivity contribution >= 4 is 51.7 Å². The summed E-state index contributed by atoms with van der Waals surface area (Å²) < 4.78 is 0. The van der Waals surface area contributed by atoms with Gasteiger partial charge in [-0.05, 0) is 20.8 Å². The average Bonchev–Trinajstić information content (AvgIpc) is 3.54. The first-order chi connectivity index (χ1) is 17.2. The van der Waals surface area contributed by atoms with Gasteiger partial charge in [0.15, 0.2) is 0 Å². The Hall–Kier alpha value is -2.82. The monoisotopic (exact) mass is 552 g/mol. The molecule has 15 heteroatoms. The van der Waals surface area contributed by atoms with Crippen LogP contribution in [0.25, 0.3) is 0 Å². The number of amides is 3. The van der Waals surface area contributed by atoms with Crippen LogP contribution in [0.3, 0.4) is 0 Å². The second-order valence-corrected chi connectivity index (χ2v) is 11.7. The molecule has 3 aromatic rings. The molecule has 0 radical (unpaired) electrons. The Morgan fingerprint density at radius 3 is 1.06 bits per heavy atom. The summed E-state index contributed by atoms with van der Waals surface area (Å²) in [4.78, 5) is 53.7. The maximum atomic E-state index is 13.0. The topological polar surface area (TPSA) is 187 Å². The molecular weight excluding hydrogens is 528 g/mol. The molecule has 1 aliphatic rings. The van der Waals surface area contributed by atoms with Gasteiger partial charge in [0.25, 0.3) is 17.7 Å². The number of aliphatic hydroxyl groups excluding tert-OH is 3. The SMILES string of the molecule is Cc1sc2nc1C(=O)N[C@@H](CO)c1nc(c(C)s1)C(=O)N[C@@H](CO)c1nc(c(C)s1)C(=O)N[C@H]2CO. The van der Waals surface area contributed by atoms with Crippen molar-refractivity contribution in [1.82, 2.24) is 30.9 Å². The van der Waals surface area contributed by atoms with Crippen LogP contribution in [0.4, 0.5) is 0 Å². The molecule has 4 rings (SSSR count). The minimum absolute atomic E-state index is 0.0893. The number of carbonyl (C=O) groups excluding carboxylic acids is 3. The number of thiazole rings is 3. The van der Waals surface area contributed by atoms with Crippen LogP contribution in [0.15, 0.2) is 0 Å². The van der Waals surface area contributed by atoms with E-state index in [9.17, 15) is 29.7 Å². The van der Waals surface area contributed by atoms with E-state index in [4.69, 9.17) is 0 Å². The summed E-state index contributed by atoms with van der Waals surface area (Å²) in [5, 5.41) is 38.9. The van der Waals surface area contributed by atoms with Gasteiger partial charge in [-0.15, -0.1) is 34.0 Å². The highest BCUT2D eigenvalue weighted by atomic mass is 32.1. The number of nitrogens with one attached hydrogen (secondary N) is 3. The van der Waals surface area contributed by atoms with E-state index in [2.05, 4.69) is 30.9 Å². The van der Waals surface area contributed by atoms with Gasteiger partial charge in [0, 0.05) is 14.6 Å². The summed E-state index contributed by atoms with van der Waals surface area (Å²) in [6.45, 7) is 3.66. The quantitative estimate of drug-likeness (QED) is 0.272. The van der Waals surface area contributed by atoms with Gasteiger partial charge >= 0.3 is 0 Å². The van der Waals surface area contributed by atoms with Crippen LogP contribution in [0.2, 0.25) is 0 Å². The number of aromatic nitrogens is 3. The summed E-state index contributed by atoms with van der Waals surface area (Å²) in [5.41, 5.74) is 0.268.